The number of nitrogens with one attached hydrogen (secondary N) is 2. The van der Waals surface area contributed by atoms with Crippen LogP contribution in [0.2, 0.25) is 0 Å². The Hall–Kier alpha value is -4.04. The van der Waals surface area contributed by atoms with Crippen LogP contribution in [-0.4, -0.2) is 28.3 Å². The van der Waals surface area contributed by atoms with Gasteiger partial charge in [0.05, 0.1) is 12.2 Å². The van der Waals surface area contributed by atoms with Crippen molar-refractivity contribution in [3.05, 3.63) is 83.5 Å². The van der Waals surface area contributed by atoms with Gasteiger partial charge < -0.3 is 16.4 Å². The summed E-state index contributed by atoms with van der Waals surface area (Å²) in [5.41, 5.74) is 11.7. The lowest BCUT2D eigenvalue weighted by molar-refractivity contribution is -0.115. The number of thiazole rings is 1. The lowest BCUT2D eigenvalue weighted by Gasteiger charge is -2.08. The number of nitrogen functional groups attached to an aromatic ring is 1. The minimum absolute atomic E-state index is 0.158. The number of carbonyl (C=O) groups excluding carboxylic acids is 2. The van der Waals surface area contributed by atoms with Crippen molar-refractivity contribution in [1.29, 1.82) is 0 Å². The number of aryl methyl sites for hydroxylation is 1. The van der Waals surface area contributed by atoms with E-state index in [0.29, 0.717) is 16.4 Å². The molecule has 160 valence electrons. The number of anilines is 2. The molecule has 2 aromatic heterocycles. The van der Waals surface area contributed by atoms with Crippen LogP contribution >= 0.6 is 11.3 Å². The second kappa shape index (κ2) is 9.40. The van der Waals surface area contributed by atoms with E-state index in [9.17, 15) is 9.59 Å². The van der Waals surface area contributed by atoms with Crippen LogP contribution in [0.5, 0.6) is 0 Å². The third-order valence-electron chi connectivity index (χ3n) is 4.86. The predicted octanol–water partition coefficient (Wildman–Crippen LogP) is 4.13. The fraction of sp³-hybridized carbons (Fsp3) is 0.0833. The van der Waals surface area contributed by atoms with Crippen molar-refractivity contribution in [3.63, 3.8) is 0 Å². The van der Waals surface area contributed by atoms with E-state index in [0.717, 1.165) is 27.9 Å². The van der Waals surface area contributed by atoms with Gasteiger partial charge >= 0.3 is 0 Å². The third kappa shape index (κ3) is 4.98. The van der Waals surface area contributed by atoms with E-state index in [1.807, 2.05) is 23.6 Å². The van der Waals surface area contributed by atoms with Gasteiger partial charge in [0, 0.05) is 34.6 Å². The summed E-state index contributed by atoms with van der Waals surface area (Å²) >= 11 is 1.33. The first kappa shape index (κ1) is 21.2. The molecule has 0 spiro atoms. The highest BCUT2D eigenvalue weighted by molar-refractivity contribution is 7.14. The first-order valence-corrected chi connectivity index (χ1v) is 10.8. The monoisotopic (exact) mass is 443 g/mol. The number of rotatable bonds is 6. The molecule has 2 aromatic carbocycles. The van der Waals surface area contributed by atoms with Crippen LogP contribution in [-0.2, 0) is 4.79 Å². The minimum atomic E-state index is -0.351. The first-order valence-electron chi connectivity index (χ1n) is 9.90. The van der Waals surface area contributed by atoms with Crippen molar-refractivity contribution >= 4 is 34.0 Å². The molecule has 0 radical (unpaired) electrons. The number of aromatic nitrogens is 2. The van der Waals surface area contributed by atoms with Gasteiger partial charge in [0.2, 0.25) is 5.91 Å². The molecule has 7 nitrogen and oxygen atoms in total. The molecular weight excluding hydrogens is 422 g/mol. The molecule has 0 atom stereocenters. The average Bonchev–Trinajstić information content (AvgIpc) is 3.27. The highest BCUT2D eigenvalue weighted by Gasteiger charge is 2.12. The Bertz CT molecular complexity index is 1250. The largest absolute Gasteiger partial charge is 0.399 e. The molecule has 0 aliphatic heterocycles. The summed E-state index contributed by atoms with van der Waals surface area (Å²) < 4.78 is 0. The average molecular weight is 444 g/mol. The standard InChI is InChI=1S/C24H21N5O2S/c1-15-2-3-18(12-20(15)16-8-10-26-11-9-16)21-14-32-24(28-21)29-22(30)13-27-23(31)17-4-6-19(25)7-5-17/h2-12,14H,13,25H2,1H3,(H,27,31)(H,28,29,30). The number of amides is 2. The fourth-order valence-corrected chi connectivity index (χ4v) is 3.88. The third-order valence-corrected chi connectivity index (χ3v) is 5.62. The Morgan fingerprint density at radius 2 is 1.75 bits per heavy atom. The van der Waals surface area contributed by atoms with E-state index in [-0.39, 0.29) is 18.4 Å². The molecule has 4 aromatic rings. The molecule has 0 unspecified atom stereocenters. The van der Waals surface area contributed by atoms with Crippen molar-refractivity contribution < 1.29 is 9.59 Å². The van der Waals surface area contributed by atoms with Gasteiger partial charge in [0.15, 0.2) is 5.13 Å². The number of hydrogen-bond donors (Lipinski definition) is 3. The van der Waals surface area contributed by atoms with Crippen LogP contribution in [0, 0.1) is 6.92 Å². The van der Waals surface area contributed by atoms with Crippen molar-refractivity contribution in [2.75, 3.05) is 17.6 Å². The highest BCUT2D eigenvalue weighted by Crippen LogP contribution is 2.30. The van der Waals surface area contributed by atoms with Gasteiger partial charge in [-0.2, -0.15) is 0 Å². The molecule has 8 heteroatoms. The van der Waals surface area contributed by atoms with Crippen LogP contribution in [0.15, 0.2) is 72.4 Å². The van der Waals surface area contributed by atoms with Crippen LogP contribution in [0.25, 0.3) is 22.4 Å². The van der Waals surface area contributed by atoms with Gasteiger partial charge in [-0.05, 0) is 66.1 Å². The van der Waals surface area contributed by atoms with E-state index < -0.39 is 0 Å². The summed E-state index contributed by atoms with van der Waals surface area (Å²) in [7, 11) is 0. The Morgan fingerprint density at radius 3 is 2.50 bits per heavy atom. The van der Waals surface area contributed by atoms with Crippen molar-refractivity contribution in [2.24, 2.45) is 0 Å². The molecule has 4 rings (SSSR count). The predicted molar refractivity (Wildman–Crippen MR) is 127 cm³/mol. The normalized spacial score (nSPS) is 10.5. The molecule has 4 N–H and O–H groups in total. The second-order valence-corrected chi connectivity index (χ2v) is 8.01. The maximum Gasteiger partial charge on any atom is 0.251 e. The van der Waals surface area contributed by atoms with Crippen molar-refractivity contribution in [1.82, 2.24) is 15.3 Å². The zero-order valence-corrected chi connectivity index (χ0v) is 18.1. The molecule has 0 fully saturated rings. The highest BCUT2D eigenvalue weighted by atomic mass is 32.1. The van der Waals surface area contributed by atoms with Crippen molar-refractivity contribution in [3.8, 4) is 22.4 Å². The Balaban J connectivity index is 1.40. The maximum absolute atomic E-state index is 12.2. The fourth-order valence-electron chi connectivity index (χ4n) is 3.15. The molecule has 2 heterocycles. The van der Waals surface area contributed by atoms with Gasteiger partial charge in [-0.1, -0.05) is 12.1 Å². The minimum Gasteiger partial charge on any atom is -0.399 e. The van der Waals surface area contributed by atoms with Crippen LogP contribution in [0.3, 0.4) is 0 Å². The van der Waals surface area contributed by atoms with E-state index >= 15 is 0 Å². The van der Waals surface area contributed by atoms with Gasteiger partial charge in [-0.25, -0.2) is 4.98 Å². The van der Waals surface area contributed by atoms with E-state index in [2.05, 4.69) is 39.7 Å². The smallest absolute Gasteiger partial charge is 0.251 e. The summed E-state index contributed by atoms with van der Waals surface area (Å²) in [5.74, 6) is -0.695. The van der Waals surface area contributed by atoms with E-state index in [1.54, 1.807) is 36.7 Å². The van der Waals surface area contributed by atoms with Crippen molar-refractivity contribution in [2.45, 2.75) is 6.92 Å². The first-order chi connectivity index (χ1) is 15.5. The summed E-state index contributed by atoms with van der Waals surface area (Å²) in [6.45, 7) is 1.90. The van der Waals surface area contributed by atoms with E-state index in [4.69, 9.17) is 5.73 Å². The molecular formula is C24H21N5O2S. The molecule has 32 heavy (non-hydrogen) atoms. The number of nitrogens with zero attached hydrogens (tertiary/aromatic N) is 2. The van der Waals surface area contributed by atoms with E-state index in [1.165, 1.54) is 11.3 Å². The number of hydrogen-bond acceptors (Lipinski definition) is 6. The SMILES string of the molecule is Cc1ccc(-c2csc(NC(=O)CNC(=O)c3ccc(N)cc3)n2)cc1-c1ccncc1. The second-order valence-electron chi connectivity index (χ2n) is 7.16. The van der Waals surface area contributed by atoms with Gasteiger partial charge in [0.1, 0.15) is 0 Å². The number of benzene rings is 2. The number of nitrogens with two attached hydrogens (primary N) is 1. The summed E-state index contributed by atoms with van der Waals surface area (Å²) in [6.07, 6.45) is 3.54. The lowest BCUT2D eigenvalue weighted by Crippen LogP contribution is -2.32. The number of pyridine rings is 1. The molecule has 0 aliphatic carbocycles. The zero-order valence-electron chi connectivity index (χ0n) is 17.3. The molecule has 2 amide bonds. The molecule has 0 saturated heterocycles. The zero-order chi connectivity index (χ0) is 22.5. The molecule has 0 saturated carbocycles. The lowest BCUT2D eigenvalue weighted by atomic mass is 9.98. The van der Waals surface area contributed by atoms with Crippen LogP contribution in [0.4, 0.5) is 10.8 Å². The molecule has 0 aliphatic rings. The summed E-state index contributed by atoms with van der Waals surface area (Å²) in [4.78, 5) is 33.0. The summed E-state index contributed by atoms with van der Waals surface area (Å²) in [5, 5.41) is 7.68. The number of carbonyl (C=O) groups is 2. The van der Waals surface area contributed by atoms with Crippen LogP contribution < -0.4 is 16.4 Å². The Kier molecular flexibility index (Phi) is 6.23. The Morgan fingerprint density at radius 1 is 1.00 bits per heavy atom. The maximum atomic E-state index is 12.2. The Labute approximate surface area is 189 Å². The van der Waals surface area contributed by atoms with Gasteiger partial charge in [-0.15, -0.1) is 11.3 Å². The summed E-state index contributed by atoms with van der Waals surface area (Å²) in [6, 6.07) is 16.6. The van der Waals surface area contributed by atoms with Crippen LogP contribution in [0.1, 0.15) is 15.9 Å². The van der Waals surface area contributed by atoms with Gasteiger partial charge in [-0.3, -0.25) is 14.6 Å². The van der Waals surface area contributed by atoms with Gasteiger partial charge in [0.25, 0.3) is 5.91 Å². The topological polar surface area (TPSA) is 110 Å². The quantitative estimate of drug-likeness (QED) is 0.388. The molecule has 0 bridgehead atoms.